The minimum Gasteiger partial charge on any atom is -0.478 e. The van der Waals surface area contributed by atoms with Crippen LogP contribution in [0.3, 0.4) is 0 Å². The average Bonchev–Trinajstić information content (AvgIpc) is 4.14. The lowest BCUT2D eigenvalue weighted by molar-refractivity contribution is -0.146. The highest BCUT2D eigenvalue weighted by molar-refractivity contribution is 5.83. The molecule has 8 bridgehead atoms. The third kappa shape index (κ3) is 7.30. The van der Waals surface area contributed by atoms with Crippen molar-refractivity contribution < 1.29 is 14.6 Å². The van der Waals surface area contributed by atoms with Crippen molar-refractivity contribution in [2.45, 2.75) is 26.9 Å². The summed E-state index contributed by atoms with van der Waals surface area (Å²) in [5.41, 5.74) is 15.4. The molecule has 1 aliphatic rings. The maximum absolute atomic E-state index is 13.2. The van der Waals surface area contributed by atoms with E-state index in [9.17, 15) is 9.90 Å². The third-order valence-electron chi connectivity index (χ3n) is 11.7. The second kappa shape index (κ2) is 15.9. The van der Waals surface area contributed by atoms with Gasteiger partial charge in [0.25, 0.3) is 0 Å². The van der Waals surface area contributed by atoms with Gasteiger partial charge in [-0.15, -0.1) is 0 Å². The number of ether oxygens (including phenoxy) is 1. The van der Waals surface area contributed by atoms with Gasteiger partial charge in [0.1, 0.15) is 0 Å². The summed E-state index contributed by atoms with van der Waals surface area (Å²) in [5.74, 6) is -0.733. The summed E-state index contributed by atoms with van der Waals surface area (Å²) in [6, 6.07) is 59.7. The Kier molecular flexibility index (Phi) is 9.77. The van der Waals surface area contributed by atoms with Gasteiger partial charge < -0.3 is 29.8 Å². The van der Waals surface area contributed by atoms with Crippen LogP contribution in [-0.4, -0.2) is 31.0 Å². The third-order valence-corrected chi connectivity index (χ3v) is 11.7. The smallest absolute Gasteiger partial charge is 0.349 e. The summed E-state index contributed by atoms with van der Waals surface area (Å²) in [6.45, 7) is 6.27. The first-order valence-corrected chi connectivity index (χ1v) is 20.8. The molecule has 1 aliphatic heterocycles. The summed E-state index contributed by atoms with van der Waals surface area (Å²) in [6.07, 6.45) is -1.31. The Morgan fingerprint density at radius 1 is 0.403 bits per heavy atom. The fourth-order valence-corrected chi connectivity index (χ4v) is 8.38. The van der Waals surface area contributed by atoms with Crippen molar-refractivity contribution in [3.63, 3.8) is 0 Å². The van der Waals surface area contributed by atoms with Gasteiger partial charge in [0, 0.05) is 55.4 Å². The molecule has 302 valence electrons. The number of aromatic amines is 4. The van der Waals surface area contributed by atoms with Crippen LogP contribution in [0.1, 0.15) is 67.8 Å². The van der Waals surface area contributed by atoms with Crippen LogP contribution in [0.5, 0.6) is 0 Å². The number of nitrogens with one attached hydrogen (secondary N) is 4. The zero-order chi connectivity index (χ0) is 42.3. The zero-order valence-electron chi connectivity index (χ0n) is 34.6. The fourth-order valence-electron chi connectivity index (χ4n) is 8.38. The molecular weight excluding hydrogens is 765 g/mol. The van der Waals surface area contributed by atoms with Crippen LogP contribution >= 0.6 is 0 Å². The molecule has 1 atom stereocenters. The summed E-state index contributed by atoms with van der Waals surface area (Å²) >= 11 is 0. The van der Waals surface area contributed by atoms with E-state index in [-0.39, 0.29) is 0 Å². The largest absolute Gasteiger partial charge is 0.478 e. The van der Waals surface area contributed by atoms with Gasteiger partial charge in [-0.3, -0.25) is 0 Å². The van der Waals surface area contributed by atoms with Crippen LogP contribution in [-0.2, 0) is 9.53 Å². The van der Waals surface area contributed by atoms with E-state index < -0.39 is 12.1 Å². The number of fused-ring (bicyclic) bond motifs is 8. The van der Waals surface area contributed by atoms with Crippen molar-refractivity contribution in [3.05, 3.63) is 259 Å². The van der Waals surface area contributed by atoms with E-state index in [0.717, 1.165) is 88.8 Å². The molecular formula is C55H44N4O3. The Morgan fingerprint density at radius 2 is 0.774 bits per heavy atom. The van der Waals surface area contributed by atoms with E-state index in [0.29, 0.717) is 22.4 Å². The first kappa shape index (κ1) is 38.2. The Bertz CT molecular complexity index is 3350. The molecule has 1 unspecified atom stereocenters. The summed E-state index contributed by atoms with van der Waals surface area (Å²) in [7, 11) is 0. The SMILES string of the molecule is Cc1ccc(C2=c3ccc([nH]3)=C(OC(C(=O)O)c3ccc(-c4ccccc4)cc3)c3ccc([nH]3)C(c3ccc(C)cc3)=c3ccc([nH]3)=C(c3ccc(C)cc3)c3ccc2[nH]3)cc1. The Morgan fingerprint density at radius 3 is 1.23 bits per heavy atom. The molecule has 62 heavy (non-hydrogen) atoms. The lowest BCUT2D eigenvalue weighted by Crippen LogP contribution is -2.22. The Balaban J connectivity index is 1.24. The van der Waals surface area contributed by atoms with Gasteiger partial charge in [-0.05, 0) is 97.1 Å². The second-order valence-corrected chi connectivity index (χ2v) is 16.0. The molecule has 0 amide bonds. The van der Waals surface area contributed by atoms with Crippen molar-refractivity contribution >= 4 is 28.4 Å². The molecule has 5 heterocycles. The number of hydrogen-bond acceptors (Lipinski definition) is 2. The molecule has 0 aliphatic carbocycles. The van der Waals surface area contributed by atoms with Gasteiger partial charge in [0.05, 0.1) is 11.0 Å². The van der Waals surface area contributed by atoms with Crippen LogP contribution in [0.15, 0.2) is 176 Å². The Labute approximate surface area is 358 Å². The van der Waals surface area contributed by atoms with E-state index in [4.69, 9.17) is 4.74 Å². The zero-order valence-corrected chi connectivity index (χ0v) is 34.6. The van der Waals surface area contributed by atoms with Crippen LogP contribution in [0.2, 0.25) is 0 Å². The normalized spacial score (nSPS) is 13.0. The van der Waals surface area contributed by atoms with E-state index in [1.165, 1.54) is 5.56 Å². The number of aliphatic carboxylic acids is 1. The highest BCUT2D eigenvalue weighted by atomic mass is 16.5. The molecule has 5 N–H and O–H groups in total. The summed E-state index contributed by atoms with van der Waals surface area (Å²) < 4.78 is 6.74. The van der Waals surface area contributed by atoms with Gasteiger partial charge in [-0.1, -0.05) is 144 Å². The van der Waals surface area contributed by atoms with Gasteiger partial charge in [-0.25, -0.2) is 4.79 Å². The summed E-state index contributed by atoms with van der Waals surface area (Å²) in [4.78, 5) is 28.2. The lowest BCUT2D eigenvalue weighted by atomic mass is 10.0. The number of aryl methyl sites for hydroxylation is 3. The van der Waals surface area contributed by atoms with Crippen LogP contribution in [0.25, 0.3) is 33.6 Å². The van der Waals surface area contributed by atoms with Crippen LogP contribution in [0, 0.1) is 20.8 Å². The molecule has 0 saturated carbocycles. The van der Waals surface area contributed by atoms with Crippen LogP contribution < -0.4 is 21.4 Å². The quantitative estimate of drug-likeness (QED) is 0.106. The minimum absolute atomic E-state index is 0.370. The number of carboxylic acid groups (broad SMARTS) is 1. The van der Waals surface area contributed by atoms with E-state index in [1.807, 2.05) is 78.9 Å². The molecule has 5 aromatic carbocycles. The monoisotopic (exact) mass is 808 g/mol. The molecule has 4 aromatic heterocycles. The van der Waals surface area contributed by atoms with Gasteiger partial charge in [0.15, 0.2) is 5.76 Å². The van der Waals surface area contributed by atoms with E-state index in [2.05, 4.69) is 138 Å². The average molecular weight is 809 g/mol. The second-order valence-electron chi connectivity index (χ2n) is 16.0. The minimum atomic E-state index is -1.31. The Hall–Kier alpha value is -8.03. The molecule has 0 spiro atoms. The van der Waals surface area contributed by atoms with E-state index in [1.54, 1.807) is 0 Å². The van der Waals surface area contributed by atoms with Crippen molar-refractivity contribution in [1.82, 2.24) is 19.9 Å². The predicted octanol–water partition coefficient (Wildman–Crippen LogP) is 8.65. The van der Waals surface area contributed by atoms with Gasteiger partial charge in [-0.2, -0.15) is 0 Å². The maximum atomic E-state index is 13.2. The number of H-pyrrole nitrogens is 4. The first-order chi connectivity index (χ1) is 30.3. The highest BCUT2D eigenvalue weighted by Gasteiger charge is 2.26. The van der Waals surface area contributed by atoms with Crippen LogP contribution in [0.4, 0.5) is 0 Å². The fraction of sp³-hybridized carbons (Fsp3) is 0.0727. The number of carbonyl (C=O) groups is 1. The predicted molar refractivity (Wildman–Crippen MR) is 246 cm³/mol. The van der Waals surface area contributed by atoms with Crippen molar-refractivity contribution in [2.24, 2.45) is 0 Å². The van der Waals surface area contributed by atoms with Crippen molar-refractivity contribution in [2.75, 3.05) is 0 Å². The molecule has 0 fully saturated rings. The lowest BCUT2D eigenvalue weighted by Gasteiger charge is -2.18. The molecule has 7 heteroatoms. The topological polar surface area (TPSA) is 110 Å². The highest BCUT2D eigenvalue weighted by Crippen LogP contribution is 2.30. The molecule has 0 saturated heterocycles. The number of benzene rings is 5. The maximum Gasteiger partial charge on any atom is 0.349 e. The van der Waals surface area contributed by atoms with Gasteiger partial charge in [0.2, 0.25) is 6.10 Å². The van der Waals surface area contributed by atoms with Crippen molar-refractivity contribution in [3.8, 4) is 11.1 Å². The molecule has 10 rings (SSSR count). The number of hydrogen-bond donors (Lipinski definition) is 5. The first-order valence-electron chi connectivity index (χ1n) is 20.8. The van der Waals surface area contributed by atoms with Crippen molar-refractivity contribution in [1.29, 1.82) is 0 Å². The number of rotatable bonds is 8. The summed E-state index contributed by atoms with van der Waals surface area (Å²) in [5, 5.41) is 14.1. The molecule has 0 radical (unpaired) electrons. The molecule has 9 aromatic rings. The van der Waals surface area contributed by atoms with Gasteiger partial charge >= 0.3 is 5.97 Å². The number of carboxylic acids is 1. The molecule has 7 nitrogen and oxygen atoms in total. The number of aromatic nitrogens is 4. The van der Waals surface area contributed by atoms with E-state index >= 15 is 0 Å². The standard InChI is InChI=1S/C55H44N4O3/c1-33-9-15-38(16-10-33)50-42-25-27-44(56-42)51(39-17-11-34(2)12-18-39)46-29-31-48(58-46)54(62-53(55(60)61)41-23-21-37(22-24-41)36-7-5-4-6-8-36)49-32-30-47(59-49)52(45-28-26-43(50)57-45)40-19-13-35(3)14-20-40/h4-32,53,56-59H,1-3H3,(H,60,61).